The lowest BCUT2D eigenvalue weighted by Gasteiger charge is -2.11. The van der Waals surface area contributed by atoms with Crippen molar-refractivity contribution in [3.8, 4) is 0 Å². The number of aromatic amines is 1. The number of likely N-dealkylation sites (N-methyl/N-ethyl adjacent to an activating group) is 1. The molecular weight excluding hydrogens is 184 g/mol. The number of aromatic nitrogens is 2. The minimum Gasteiger partial charge on any atom is -0.357 e. The molecule has 3 N–H and O–H groups in total. The molecule has 0 aromatic carbocycles. The molecule has 0 spiro atoms. The minimum absolute atomic E-state index is 0.142. The summed E-state index contributed by atoms with van der Waals surface area (Å²) in [6.07, 6.45) is 2.87. The summed E-state index contributed by atoms with van der Waals surface area (Å²) in [5.41, 5.74) is -0.344. The van der Waals surface area contributed by atoms with Gasteiger partial charge in [-0.1, -0.05) is 0 Å². The molecule has 0 aliphatic rings. The van der Waals surface area contributed by atoms with Crippen LogP contribution in [-0.4, -0.2) is 29.0 Å². The van der Waals surface area contributed by atoms with Gasteiger partial charge < -0.3 is 15.6 Å². The van der Waals surface area contributed by atoms with Crippen LogP contribution in [0.25, 0.3) is 0 Å². The Bertz CT molecular complexity index is 374. The third kappa shape index (κ3) is 2.32. The lowest BCUT2D eigenvalue weighted by atomic mass is 10.3. The number of carbonyl (C=O) groups is 1. The highest BCUT2D eigenvalue weighted by Gasteiger charge is 2.12. The number of hydrogen-bond donors (Lipinski definition) is 3. The van der Waals surface area contributed by atoms with Crippen LogP contribution in [0.4, 0.5) is 5.82 Å². The van der Waals surface area contributed by atoms with Crippen molar-refractivity contribution in [2.45, 2.75) is 13.0 Å². The first kappa shape index (κ1) is 10.2. The van der Waals surface area contributed by atoms with Crippen LogP contribution in [0, 0.1) is 0 Å². The van der Waals surface area contributed by atoms with Gasteiger partial charge in [-0.15, -0.1) is 0 Å². The van der Waals surface area contributed by atoms with Gasteiger partial charge in [-0.05, 0) is 6.92 Å². The number of H-pyrrole nitrogens is 1. The van der Waals surface area contributed by atoms with Crippen molar-refractivity contribution < 1.29 is 4.79 Å². The molecule has 1 rings (SSSR count). The van der Waals surface area contributed by atoms with Crippen molar-refractivity contribution in [1.82, 2.24) is 15.3 Å². The Morgan fingerprint density at radius 1 is 1.64 bits per heavy atom. The maximum absolute atomic E-state index is 11.2. The second-order valence-electron chi connectivity index (χ2n) is 2.75. The molecule has 1 aromatic rings. The second kappa shape index (κ2) is 4.40. The molecule has 0 bridgehead atoms. The predicted octanol–water partition coefficient (Wildman–Crippen LogP) is -0.684. The molecule has 0 saturated carbocycles. The quantitative estimate of drug-likeness (QED) is 0.597. The Labute approximate surface area is 80.8 Å². The highest BCUT2D eigenvalue weighted by atomic mass is 16.2. The molecule has 1 aromatic heterocycles. The van der Waals surface area contributed by atoms with E-state index in [2.05, 4.69) is 20.6 Å². The van der Waals surface area contributed by atoms with E-state index in [9.17, 15) is 9.59 Å². The molecule has 6 heteroatoms. The zero-order valence-electron chi connectivity index (χ0n) is 8.00. The van der Waals surface area contributed by atoms with Gasteiger partial charge >= 0.3 is 0 Å². The number of amides is 1. The molecule has 6 nitrogen and oxygen atoms in total. The fourth-order valence-electron chi connectivity index (χ4n) is 0.942. The van der Waals surface area contributed by atoms with Gasteiger partial charge in [0.1, 0.15) is 6.04 Å². The summed E-state index contributed by atoms with van der Waals surface area (Å²) >= 11 is 0. The summed E-state index contributed by atoms with van der Waals surface area (Å²) < 4.78 is 0. The number of rotatable bonds is 3. The monoisotopic (exact) mass is 196 g/mol. The van der Waals surface area contributed by atoms with E-state index in [0.29, 0.717) is 0 Å². The zero-order valence-corrected chi connectivity index (χ0v) is 8.00. The fraction of sp³-hybridized carbons (Fsp3) is 0.375. The second-order valence-corrected chi connectivity index (χ2v) is 2.75. The molecule has 0 fully saturated rings. The Morgan fingerprint density at radius 3 is 2.93 bits per heavy atom. The lowest BCUT2D eigenvalue weighted by molar-refractivity contribution is -0.121. The van der Waals surface area contributed by atoms with Gasteiger partial charge in [0.05, 0.1) is 0 Å². The Morgan fingerprint density at radius 2 is 2.36 bits per heavy atom. The Kier molecular flexibility index (Phi) is 3.22. The van der Waals surface area contributed by atoms with Gasteiger partial charge in [0.25, 0.3) is 5.56 Å². The third-order valence-corrected chi connectivity index (χ3v) is 1.70. The molecule has 0 radical (unpaired) electrons. The number of anilines is 1. The van der Waals surface area contributed by atoms with Crippen molar-refractivity contribution in [3.05, 3.63) is 22.7 Å². The van der Waals surface area contributed by atoms with E-state index in [1.807, 2.05) is 0 Å². The van der Waals surface area contributed by atoms with Crippen LogP contribution >= 0.6 is 0 Å². The smallest absolute Gasteiger partial charge is 0.290 e. The van der Waals surface area contributed by atoms with Crippen molar-refractivity contribution in [1.29, 1.82) is 0 Å². The van der Waals surface area contributed by atoms with Gasteiger partial charge in [-0.25, -0.2) is 4.98 Å². The molecule has 0 aliphatic heterocycles. The topological polar surface area (TPSA) is 86.9 Å². The molecule has 0 saturated heterocycles. The molecule has 0 aliphatic carbocycles. The highest BCUT2D eigenvalue weighted by molar-refractivity contribution is 5.83. The van der Waals surface area contributed by atoms with Gasteiger partial charge in [-0.3, -0.25) is 9.59 Å². The van der Waals surface area contributed by atoms with E-state index in [4.69, 9.17) is 0 Å². The number of hydrogen-bond acceptors (Lipinski definition) is 4. The molecule has 1 heterocycles. The highest BCUT2D eigenvalue weighted by Crippen LogP contribution is 1.94. The summed E-state index contributed by atoms with van der Waals surface area (Å²) in [6, 6.07) is -0.490. The number of nitrogens with one attached hydrogen (secondary N) is 3. The first-order valence-corrected chi connectivity index (χ1v) is 4.17. The third-order valence-electron chi connectivity index (χ3n) is 1.70. The zero-order chi connectivity index (χ0) is 10.6. The first-order valence-electron chi connectivity index (χ1n) is 4.17. The SMILES string of the molecule is CNC(=O)C(C)Nc1ncc[nH]c1=O. The van der Waals surface area contributed by atoms with Crippen molar-refractivity contribution in [2.24, 2.45) is 0 Å². The van der Waals surface area contributed by atoms with Crippen LogP contribution in [0.1, 0.15) is 6.92 Å². The maximum Gasteiger partial charge on any atom is 0.290 e. The average molecular weight is 196 g/mol. The molecule has 1 amide bonds. The standard InChI is InChI=1S/C8H12N4O2/c1-5(7(13)9-2)12-6-8(14)11-4-3-10-6/h3-5H,1-2H3,(H,9,13)(H,10,12)(H,11,14). The predicted molar refractivity (Wildman–Crippen MR) is 52.0 cm³/mol. The number of carbonyl (C=O) groups excluding carboxylic acids is 1. The molecule has 14 heavy (non-hydrogen) atoms. The van der Waals surface area contributed by atoms with E-state index in [0.717, 1.165) is 0 Å². The minimum atomic E-state index is -0.490. The van der Waals surface area contributed by atoms with Gasteiger partial charge in [-0.2, -0.15) is 0 Å². The van der Waals surface area contributed by atoms with E-state index in [1.165, 1.54) is 19.4 Å². The van der Waals surface area contributed by atoms with Gasteiger partial charge in [0.2, 0.25) is 5.91 Å². The molecular formula is C8H12N4O2. The van der Waals surface area contributed by atoms with E-state index in [1.54, 1.807) is 6.92 Å². The first-order chi connectivity index (χ1) is 6.65. The summed E-state index contributed by atoms with van der Waals surface area (Å²) in [5, 5.41) is 5.16. The van der Waals surface area contributed by atoms with Gasteiger partial charge in [0, 0.05) is 19.4 Å². The van der Waals surface area contributed by atoms with Crippen LogP contribution in [0.15, 0.2) is 17.2 Å². The van der Waals surface area contributed by atoms with Crippen LogP contribution in [0.3, 0.4) is 0 Å². The summed E-state index contributed by atoms with van der Waals surface area (Å²) in [6.45, 7) is 1.65. The van der Waals surface area contributed by atoms with Crippen LogP contribution in [0.5, 0.6) is 0 Å². The Balaban J connectivity index is 2.74. The summed E-state index contributed by atoms with van der Waals surface area (Å²) in [4.78, 5) is 28.5. The Hall–Kier alpha value is -1.85. The van der Waals surface area contributed by atoms with Crippen molar-refractivity contribution >= 4 is 11.7 Å². The number of nitrogens with zero attached hydrogens (tertiary/aromatic N) is 1. The van der Waals surface area contributed by atoms with Crippen LogP contribution < -0.4 is 16.2 Å². The molecule has 1 unspecified atom stereocenters. The summed E-state index contributed by atoms with van der Waals surface area (Å²) in [7, 11) is 1.53. The average Bonchev–Trinajstić information content (AvgIpc) is 2.20. The van der Waals surface area contributed by atoms with Crippen LogP contribution in [-0.2, 0) is 4.79 Å². The molecule has 1 atom stereocenters. The van der Waals surface area contributed by atoms with Gasteiger partial charge in [0.15, 0.2) is 5.82 Å². The van der Waals surface area contributed by atoms with E-state index in [-0.39, 0.29) is 17.3 Å². The molecule has 76 valence electrons. The van der Waals surface area contributed by atoms with Crippen molar-refractivity contribution in [3.63, 3.8) is 0 Å². The van der Waals surface area contributed by atoms with Crippen molar-refractivity contribution in [2.75, 3.05) is 12.4 Å². The van der Waals surface area contributed by atoms with Crippen LogP contribution in [0.2, 0.25) is 0 Å². The lowest BCUT2D eigenvalue weighted by Crippen LogP contribution is -2.37. The summed E-state index contributed by atoms with van der Waals surface area (Å²) in [5.74, 6) is -0.0568. The largest absolute Gasteiger partial charge is 0.357 e. The normalized spacial score (nSPS) is 11.9. The van der Waals surface area contributed by atoms with E-state index >= 15 is 0 Å². The maximum atomic E-state index is 11.2. The van der Waals surface area contributed by atoms with E-state index < -0.39 is 6.04 Å². The fourth-order valence-corrected chi connectivity index (χ4v) is 0.942.